The molecule has 0 bridgehead atoms. The predicted molar refractivity (Wildman–Crippen MR) is 103 cm³/mol. The minimum Gasteiger partial charge on any atom is -0.445 e. The van der Waals surface area contributed by atoms with Gasteiger partial charge in [0.15, 0.2) is 0 Å². The lowest BCUT2D eigenvalue weighted by molar-refractivity contribution is -0.117. The molecule has 138 valence electrons. The van der Waals surface area contributed by atoms with E-state index in [0.717, 1.165) is 5.56 Å². The molecule has 2 aromatic rings. The van der Waals surface area contributed by atoms with Gasteiger partial charge in [-0.05, 0) is 35.6 Å². The summed E-state index contributed by atoms with van der Waals surface area (Å²) in [4.78, 5) is 24.0. The predicted octanol–water partition coefficient (Wildman–Crippen LogP) is 4.24. The maximum Gasteiger partial charge on any atom is 0.408 e. The van der Waals surface area contributed by atoms with Crippen molar-refractivity contribution in [2.75, 3.05) is 5.32 Å². The van der Waals surface area contributed by atoms with Gasteiger partial charge >= 0.3 is 6.09 Å². The van der Waals surface area contributed by atoms with Crippen LogP contribution >= 0.6 is 0 Å². The second-order valence-corrected chi connectivity index (χ2v) is 7.24. The van der Waals surface area contributed by atoms with Crippen LogP contribution in [0.3, 0.4) is 0 Å². The Hall–Kier alpha value is -2.82. The van der Waals surface area contributed by atoms with E-state index in [1.165, 1.54) is 5.56 Å². The molecule has 0 aromatic heterocycles. The molecule has 0 aliphatic rings. The maximum atomic E-state index is 12.2. The fourth-order valence-electron chi connectivity index (χ4n) is 2.31. The van der Waals surface area contributed by atoms with Crippen molar-refractivity contribution in [3.8, 4) is 0 Å². The number of nitrogens with one attached hydrogen (secondary N) is 2. The number of anilines is 1. The second kappa shape index (κ2) is 8.52. The minimum atomic E-state index is -0.708. The van der Waals surface area contributed by atoms with Crippen LogP contribution in [0.4, 0.5) is 10.5 Å². The number of hydrogen-bond acceptors (Lipinski definition) is 3. The Morgan fingerprint density at radius 3 is 2.19 bits per heavy atom. The molecule has 2 amide bonds. The van der Waals surface area contributed by atoms with Gasteiger partial charge in [-0.3, -0.25) is 4.79 Å². The summed E-state index contributed by atoms with van der Waals surface area (Å²) in [5, 5.41) is 5.32. The van der Waals surface area contributed by atoms with Crippen LogP contribution in [-0.2, 0) is 21.6 Å². The lowest BCUT2D eigenvalue weighted by Gasteiger charge is -2.19. The van der Waals surface area contributed by atoms with Crippen LogP contribution in [0.2, 0.25) is 0 Å². The number of rotatable bonds is 5. The van der Waals surface area contributed by atoms with Gasteiger partial charge in [0.05, 0.1) is 0 Å². The SMILES string of the molecule is C[C@H](NC(=O)OCc1ccccc1)C(=O)Nc1ccc(C(C)(C)C)cc1. The second-order valence-electron chi connectivity index (χ2n) is 7.24. The fraction of sp³-hybridized carbons (Fsp3) is 0.333. The smallest absolute Gasteiger partial charge is 0.408 e. The van der Waals surface area contributed by atoms with Gasteiger partial charge in [-0.2, -0.15) is 0 Å². The number of hydrogen-bond donors (Lipinski definition) is 2. The van der Waals surface area contributed by atoms with Crippen molar-refractivity contribution in [1.29, 1.82) is 0 Å². The first-order valence-electron chi connectivity index (χ1n) is 8.64. The molecule has 1 atom stereocenters. The molecule has 2 N–H and O–H groups in total. The summed E-state index contributed by atoms with van der Waals surface area (Å²) in [6.07, 6.45) is -0.625. The Morgan fingerprint density at radius 2 is 1.62 bits per heavy atom. The van der Waals surface area contributed by atoms with E-state index < -0.39 is 12.1 Å². The van der Waals surface area contributed by atoms with Crippen LogP contribution in [0.5, 0.6) is 0 Å². The first-order valence-corrected chi connectivity index (χ1v) is 8.64. The van der Waals surface area contributed by atoms with Crippen LogP contribution in [0.1, 0.15) is 38.8 Å². The van der Waals surface area contributed by atoms with Gasteiger partial charge in [-0.15, -0.1) is 0 Å². The summed E-state index contributed by atoms with van der Waals surface area (Å²) >= 11 is 0. The monoisotopic (exact) mass is 354 g/mol. The van der Waals surface area contributed by atoms with Crippen molar-refractivity contribution in [2.24, 2.45) is 0 Å². The van der Waals surface area contributed by atoms with Gasteiger partial charge < -0.3 is 15.4 Å². The van der Waals surface area contributed by atoms with E-state index in [4.69, 9.17) is 4.74 Å². The van der Waals surface area contributed by atoms with Gasteiger partial charge in [0, 0.05) is 5.69 Å². The highest BCUT2D eigenvalue weighted by Crippen LogP contribution is 2.23. The number of amides is 2. The topological polar surface area (TPSA) is 67.4 Å². The summed E-state index contributed by atoms with van der Waals surface area (Å²) in [6.45, 7) is 8.17. The van der Waals surface area contributed by atoms with Gasteiger partial charge in [-0.25, -0.2) is 4.79 Å². The molecule has 0 fully saturated rings. The van der Waals surface area contributed by atoms with Gasteiger partial charge in [0.2, 0.25) is 5.91 Å². The molecule has 0 aliphatic heterocycles. The lowest BCUT2D eigenvalue weighted by Crippen LogP contribution is -2.41. The summed E-state index contributed by atoms with van der Waals surface area (Å²) in [5.74, 6) is -0.301. The number of carbonyl (C=O) groups is 2. The molecule has 5 heteroatoms. The molecule has 5 nitrogen and oxygen atoms in total. The van der Waals surface area contributed by atoms with Crippen molar-refractivity contribution < 1.29 is 14.3 Å². The molecule has 26 heavy (non-hydrogen) atoms. The lowest BCUT2D eigenvalue weighted by atomic mass is 9.87. The van der Waals surface area contributed by atoms with E-state index in [1.807, 2.05) is 54.6 Å². The minimum absolute atomic E-state index is 0.0555. The molecule has 0 radical (unpaired) electrons. The third kappa shape index (κ3) is 5.92. The van der Waals surface area contributed by atoms with Gasteiger partial charge in [-0.1, -0.05) is 63.2 Å². The molecule has 0 unspecified atom stereocenters. The number of benzene rings is 2. The molecule has 0 aliphatic carbocycles. The molecule has 0 saturated carbocycles. The van der Waals surface area contributed by atoms with Crippen molar-refractivity contribution in [3.63, 3.8) is 0 Å². The van der Waals surface area contributed by atoms with Gasteiger partial charge in [0.1, 0.15) is 12.6 Å². The van der Waals surface area contributed by atoms with E-state index >= 15 is 0 Å². The van der Waals surface area contributed by atoms with Crippen LogP contribution < -0.4 is 10.6 Å². The standard InChI is InChI=1S/C21H26N2O3/c1-15(22-20(25)26-14-16-8-6-5-7-9-16)19(24)23-18-12-10-17(11-13-18)21(2,3)4/h5-13,15H,14H2,1-4H3,(H,22,25)(H,23,24)/t15-/m0/s1. The van der Waals surface area contributed by atoms with E-state index in [9.17, 15) is 9.59 Å². The highest BCUT2D eigenvalue weighted by molar-refractivity contribution is 5.96. The Labute approximate surface area is 154 Å². The van der Waals surface area contributed by atoms with Crippen LogP contribution in [0.15, 0.2) is 54.6 Å². The molecule has 2 aromatic carbocycles. The van der Waals surface area contributed by atoms with Gasteiger partial charge in [0.25, 0.3) is 0 Å². The first kappa shape index (κ1) is 19.5. The average molecular weight is 354 g/mol. The number of ether oxygens (including phenoxy) is 1. The molecular weight excluding hydrogens is 328 g/mol. The third-order valence-electron chi connectivity index (χ3n) is 3.96. The zero-order valence-electron chi connectivity index (χ0n) is 15.7. The summed E-state index contributed by atoms with van der Waals surface area (Å²) < 4.78 is 5.12. The van der Waals surface area contributed by atoms with Crippen LogP contribution in [0, 0.1) is 0 Å². The number of carbonyl (C=O) groups excluding carboxylic acids is 2. The van der Waals surface area contributed by atoms with Crippen LogP contribution in [0.25, 0.3) is 0 Å². The Kier molecular flexibility index (Phi) is 6.39. The number of alkyl carbamates (subject to hydrolysis) is 1. The summed E-state index contributed by atoms with van der Waals surface area (Å²) in [5.41, 5.74) is 2.82. The largest absolute Gasteiger partial charge is 0.445 e. The molecule has 0 saturated heterocycles. The molecule has 2 rings (SSSR count). The summed E-state index contributed by atoms with van der Waals surface area (Å²) in [7, 11) is 0. The Bertz CT molecular complexity index is 734. The first-order chi connectivity index (χ1) is 12.3. The van der Waals surface area contributed by atoms with Crippen molar-refractivity contribution in [2.45, 2.75) is 45.8 Å². The third-order valence-corrected chi connectivity index (χ3v) is 3.96. The highest BCUT2D eigenvalue weighted by Gasteiger charge is 2.17. The van der Waals surface area contributed by atoms with Crippen LogP contribution in [-0.4, -0.2) is 18.0 Å². The fourth-order valence-corrected chi connectivity index (χ4v) is 2.31. The molecule has 0 heterocycles. The van der Waals surface area contributed by atoms with E-state index in [-0.39, 0.29) is 17.9 Å². The zero-order valence-corrected chi connectivity index (χ0v) is 15.7. The average Bonchev–Trinajstić information content (AvgIpc) is 2.60. The quantitative estimate of drug-likeness (QED) is 0.844. The normalized spacial score (nSPS) is 12.2. The maximum absolute atomic E-state index is 12.2. The zero-order chi connectivity index (χ0) is 19.2. The van der Waals surface area contributed by atoms with Crippen molar-refractivity contribution in [3.05, 3.63) is 65.7 Å². The Balaban J connectivity index is 1.82. The van der Waals surface area contributed by atoms with Crippen molar-refractivity contribution in [1.82, 2.24) is 5.32 Å². The highest BCUT2D eigenvalue weighted by atomic mass is 16.5. The molecular formula is C21H26N2O3. The van der Waals surface area contributed by atoms with Crippen molar-refractivity contribution >= 4 is 17.7 Å². The summed E-state index contributed by atoms with van der Waals surface area (Å²) in [6, 6.07) is 16.4. The van der Waals surface area contributed by atoms with E-state index in [0.29, 0.717) is 5.69 Å². The molecule has 0 spiro atoms. The Morgan fingerprint density at radius 1 is 1.00 bits per heavy atom. The van der Waals surface area contributed by atoms with E-state index in [1.54, 1.807) is 6.92 Å². The van der Waals surface area contributed by atoms with E-state index in [2.05, 4.69) is 31.4 Å².